The molecule has 2 aromatic carbocycles. The summed E-state index contributed by atoms with van der Waals surface area (Å²) in [5.74, 6) is -0.0486. The summed E-state index contributed by atoms with van der Waals surface area (Å²) in [6, 6.07) is 15.8. The normalized spacial score (nSPS) is 19.7. The maximum absolute atomic E-state index is 13.7. The molecule has 0 unspecified atom stereocenters. The van der Waals surface area contributed by atoms with Gasteiger partial charge in [0.05, 0.1) is 17.9 Å². The Morgan fingerprint density at radius 1 is 1.02 bits per heavy atom. The van der Waals surface area contributed by atoms with Crippen LogP contribution in [0.4, 0.5) is 5.69 Å². The molecule has 0 saturated carbocycles. The van der Waals surface area contributed by atoms with Gasteiger partial charge < -0.3 is 10.2 Å². The number of anilines is 1. The van der Waals surface area contributed by atoms with Gasteiger partial charge in [0.1, 0.15) is 0 Å². The molecule has 4 heterocycles. The number of carbonyl (C=O) groups excluding carboxylic acids is 1. The predicted molar refractivity (Wildman–Crippen MR) is 159 cm³/mol. The molecule has 2 aliphatic rings. The lowest BCUT2D eigenvalue weighted by Crippen LogP contribution is -2.52. The van der Waals surface area contributed by atoms with Crippen LogP contribution in [-0.4, -0.2) is 62.6 Å². The van der Waals surface area contributed by atoms with Gasteiger partial charge in [-0.2, -0.15) is 10.2 Å². The SMILES string of the molecule is CCn1ccc(-c2cc(-c3cnn(C)c3)cc([C@@H](C)NC(=O)c3cc(N4C[C@H]5CC[C@@H](C4)N5C)ccc3C)c2)n1. The van der Waals surface area contributed by atoms with Gasteiger partial charge in [0, 0.05) is 73.5 Å². The number of nitrogens with one attached hydrogen (secondary N) is 1. The molecular formula is C32H39N7O. The van der Waals surface area contributed by atoms with Crippen LogP contribution in [0.1, 0.15) is 54.2 Å². The van der Waals surface area contributed by atoms with Crippen molar-refractivity contribution in [3.8, 4) is 22.4 Å². The summed E-state index contributed by atoms with van der Waals surface area (Å²) in [4.78, 5) is 18.7. The van der Waals surface area contributed by atoms with Crippen LogP contribution < -0.4 is 10.2 Å². The molecule has 6 rings (SSSR count). The molecule has 0 aliphatic carbocycles. The highest BCUT2D eigenvalue weighted by Crippen LogP contribution is 2.33. The highest BCUT2D eigenvalue weighted by Gasteiger charge is 2.37. The van der Waals surface area contributed by atoms with Crippen molar-refractivity contribution in [2.45, 2.75) is 58.3 Å². The van der Waals surface area contributed by atoms with Crippen LogP contribution in [0.25, 0.3) is 22.4 Å². The zero-order chi connectivity index (χ0) is 28.0. The van der Waals surface area contributed by atoms with Crippen LogP contribution in [0.5, 0.6) is 0 Å². The molecule has 208 valence electrons. The van der Waals surface area contributed by atoms with E-state index in [9.17, 15) is 4.79 Å². The van der Waals surface area contributed by atoms with Crippen molar-refractivity contribution < 1.29 is 4.79 Å². The predicted octanol–water partition coefficient (Wildman–Crippen LogP) is 5.05. The van der Waals surface area contributed by atoms with E-state index in [1.807, 2.05) is 50.2 Å². The van der Waals surface area contributed by atoms with Crippen molar-refractivity contribution in [1.29, 1.82) is 0 Å². The lowest BCUT2D eigenvalue weighted by molar-refractivity contribution is 0.0939. The van der Waals surface area contributed by atoms with Gasteiger partial charge in [-0.05, 0) is 93.7 Å². The molecule has 2 aliphatic heterocycles. The minimum absolute atomic E-state index is 0.0486. The molecule has 40 heavy (non-hydrogen) atoms. The quantitative estimate of drug-likeness (QED) is 0.357. The van der Waals surface area contributed by atoms with Gasteiger partial charge in [0.25, 0.3) is 5.91 Å². The lowest BCUT2D eigenvalue weighted by Gasteiger charge is -2.40. The Kier molecular flexibility index (Phi) is 6.96. The highest BCUT2D eigenvalue weighted by atomic mass is 16.1. The number of hydrogen-bond acceptors (Lipinski definition) is 5. The monoisotopic (exact) mass is 537 g/mol. The zero-order valence-electron chi connectivity index (χ0n) is 24.1. The first-order valence-electron chi connectivity index (χ1n) is 14.3. The topological polar surface area (TPSA) is 71.2 Å². The second-order valence-electron chi connectivity index (χ2n) is 11.5. The van der Waals surface area contributed by atoms with E-state index >= 15 is 0 Å². The fourth-order valence-electron chi connectivity index (χ4n) is 6.21. The van der Waals surface area contributed by atoms with Gasteiger partial charge in [-0.1, -0.05) is 6.07 Å². The van der Waals surface area contributed by atoms with Crippen LogP contribution in [0, 0.1) is 6.92 Å². The number of rotatable bonds is 7. The largest absolute Gasteiger partial charge is 0.368 e. The van der Waals surface area contributed by atoms with Crippen molar-refractivity contribution in [2.24, 2.45) is 7.05 Å². The molecule has 2 saturated heterocycles. The minimum Gasteiger partial charge on any atom is -0.368 e. The molecule has 0 radical (unpaired) electrons. The first-order valence-corrected chi connectivity index (χ1v) is 14.3. The Morgan fingerprint density at radius 3 is 2.45 bits per heavy atom. The summed E-state index contributed by atoms with van der Waals surface area (Å²) in [6.07, 6.45) is 8.39. The lowest BCUT2D eigenvalue weighted by atomic mass is 9.96. The number of nitrogens with zero attached hydrogens (tertiary/aromatic N) is 6. The Morgan fingerprint density at radius 2 is 1.77 bits per heavy atom. The first-order chi connectivity index (χ1) is 19.3. The number of carbonyl (C=O) groups is 1. The highest BCUT2D eigenvalue weighted by molar-refractivity contribution is 5.97. The number of fused-ring (bicyclic) bond motifs is 2. The van der Waals surface area contributed by atoms with Gasteiger partial charge in [0.15, 0.2) is 0 Å². The number of hydrogen-bond donors (Lipinski definition) is 1. The van der Waals surface area contributed by atoms with Gasteiger partial charge in [-0.15, -0.1) is 0 Å². The maximum atomic E-state index is 13.7. The molecule has 4 aromatic rings. The van der Waals surface area contributed by atoms with Crippen molar-refractivity contribution in [2.75, 3.05) is 25.0 Å². The number of aryl methyl sites for hydroxylation is 3. The second kappa shape index (κ2) is 10.6. The third-order valence-corrected chi connectivity index (χ3v) is 8.78. The number of aromatic nitrogens is 4. The molecule has 1 amide bonds. The van der Waals surface area contributed by atoms with Crippen molar-refractivity contribution >= 4 is 11.6 Å². The standard InChI is InChI=1S/C32H39N7O/c1-6-39-12-11-31(35-39)25-14-23(13-24(15-25)26-17-33-36(4)18-26)22(3)34-32(40)30-16-27(8-7-21(30)2)38-19-28-9-10-29(20-38)37(28)5/h7-8,11-18,22,28-29H,6,9-10,19-20H2,1-5H3,(H,34,40)/t22-,28-,29+/m1/s1. The van der Waals surface area contributed by atoms with Crippen LogP contribution in [0.2, 0.25) is 0 Å². The van der Waals surface area contributed by atoms with Crippen LogP contribution >= 0.6 is 0 Å². The third-order valence-electron chi connectivity index (χ3n) is 8.78. The molecule has 8 nitrogen and oxygen atoms in total. The van der Waals surface area contributed by atoms with Gasteiger partial charge >= 0.3 is 0 Å². The summed E-state index contributed by atoms with van der Waals surface area (Å²) in [6.45, 7) is 9.00. The molecule has 2 aromatic heterocycles. The molecule has 1 N–H and O–H groups in total. The zero-order valence-corrected chi connectivity index (χ0v) is 24.1. The summed E-state index contributed by atoms with van der Waals surface area (Å²) >= 11 is 0. The van der Waals surface area contributed by atoms with E-state index in [0.29, 0.717) is 12.1 Å². The van der Waals surface area contributed by atoms with E-state index in [-0.39, 0.29) is 11.9 Å². The van der Waals surface area contributed by atoms with E-state index in [1.165, 1.54) is 12.8 Å². The fourth-order valence-corrected chi connectivity index (χ4v) is 6.21. The average molecular weight is 538 g/mol. The van der Waals surface area contributed by atoms with Crippen molar-refractivity contribution in [3.05, 3.63) is 77.7 Å². The average Bonchev–Trinajstić information content (AvgIpc) is 3.65. The molecular weight excluding hydrogens is 498 g/mol. The van der Waals surface area contributed by atoms with Gasteiger partial charge in [-0.3, -0.25) is 19.1 Å². The Hall–Kier alpha value is -3.91. The maximum Gasteiger partial charge on any atom is 0.252 e. The first kappa shape index (κ1) is 26.3. The van der Waals surface area contributed by atoms with Crippen LogP contribution in [0.15, 0.2) is 61.1 Å². The molecule has 2 fully saturated rings. The molecule has 3 atom stereocenters. The smallest absolute Gasteiger partial charge is 0.252 e. The van der Waals surface area contributed by atoms with Crippen molar-refractivity contribution in [3.63, 3.8) is 0 Å². The fraction of sp³-hybridized carbons (Fsp3) is 0.406. The Balaban J connectivity index is 1.27. The summed E-state index contributed by atoms with van der Waals surface area (Å²) < 4.78 is 3.73. The molecule has 2 bridgehead atoms. The summed E-state index contributed by atoms with van der Waals surface area (Å²) in [5.41, 5.74) is 7.91. The van der Waals surface area contributed by atoms with E-state index in [1.54, 1.807) is 4.68 Å². The minimum atomic E-state index is -0.196. The van der Waals surface area contributed by atoms with E-state index < -0.39 is 0 Å². The number of likely N-dealkylation sites (N-methyl/N-ethyl adjacent to an activating group) is 1. The summed E-state index contributed by atoms with van der Waals surface area (Å²) in [7, 11) is 4.17. The number of amides is 1. The Bertz CT molecular complexity index is 1520. The molecule has 8 heteroatoms. The molecule has 0 spiro atoms. The van der Waals surface area contributed by atoms with Crippen molar-refractivity contribution in [1.82, 2.24) is 29.8 Å². The van der Waals surface area contributed by atoms with Gasteiger partial charge in [-0.25, -0.2) is 0 Å². The van der Waals surface area contributed by atoms with E-state index in [2.05, 4.69) is 70.6 Å². The van der Waals surface area contributed by atoms with Crippen LogP contribution in [-0.2, 0) is 13.6 Å². The van der Waals surface area contributed by atoms with Gasteiger partial charge in [0.2, 0.25) is 0 Å². The van der Waals surface area contributed by atoms with E-state index in [0.717, 1.165) is 64.4 Å². The second-order valence-corrected chi connectivity index (χ2v) is 11.5. The third kappa shape index (κ3) is 5.04. The Labute approximate surface area is 236 Å². The number of benzene rings is 2. The number of piperazine rings is 1. The van der Waals surface area contributed by atoms with Crippen LogP contribution in [0.3, 0.4) is 0 Å². The van der Waals surface area contributed by atoms with E-state index in [4.69, 9.17) is 5.10 Å². The summed E-state index contributed by atoms with van der Waals surface area (Å²) in [5, 5.41) is 12.4.